The van der Waals surface area contributed by atoms with Crippen molar-refractivity contribution in [1.82, 2.24) is 10.3 Å². The molecule has 110 valence electrons. The molecule has 1 saturated heterocycles. The molecule has 1 aliphatic rings. The number of aromatic nitrogens is 1. The van der Waals surface area contributed by atoms with E-state index in [9.17, 15) is 4.79 Å². The van der Waals surface area contributed by atoms with Crippen molar-refractivity contribution in [1.29, 1.82) is 0 Å². The lowest BCUT2D eigenvalue weighted by Gasteiger charge is -2.23. The summed E-state index contributed by atoms with van der Waals surface area (Å²) in [5.41, 5.74) is 6.52. The van der Waals surface area contributed by atoms with Crippen LogP contribution < -0.4 is 16.4 Å². The van der Waals surface area contributed by atoms with Crippen LogP contribution >= 0.6 is 0 Å². The van der Waals surface area contributed by atoms with Crippen molar-refractivity contribution >= 4 is 11.7 Å². The first-order chi connectivity index (χ1) is 9.65. The highest BCUT2D eigenvalue weighted by molar-refractivity contribution is 5.93. The van der Waals surface area contributed by atoms with Crippen LogP contribution in [0.15, 0.2) is 12.1 Å². The number of nitrogens with two attached hydrogens (primary N) is 1. The monoisotopic (exact) mass is 278 g/mol. The van der Waals surface area contributed by atoms with Gasteiger partial charge in [-0.1, -0.05) is 0 Å². The quantitative estimate of drug-likeness (QED) is 0.666. The van der Waals surface area contributed by atoms with Crippen molar-refractivity contribution in [3.8, 4) is 0 Å². The van der Waals surface area contributed by atoms with Crippen molar-refractivity contribution in [3.05, 3.63) is 23.4 Å². The van der Waals surface area contributed by atoms with Gasteiger partial charge in [0.1, 0.15) is 5.82 Å². The number of pyridine rings is 1. The molecule has 1 amide bonds. The van der Waals surface area contributed by atoms with Gasteiger partial charge in [-0.15, -0.1) is 0 Å². The SMILES string of the molecule is Cc1cc(C(N)=O)cc(NCCOC2CCNCC2)n1. The number of piperidine rings is 1. The lowest BCUT2D eigenvalue weighted by atomic mass is 10.1. The van der Waals surface area contributed by atoms with Crippen LogP contribution in [0.1, 0.15) is 28.9 Å². The number of aryl methyl sites for hydroxylation is 1. The maximum absolute atomic E-state index is 11.2. The van der Waals surface area contributed by atoms with Crippen molar-refractivity contribution in [2.24, 2.45) is 5.73 Å². The van der Waals surface area contributed by atoms with Gasteiger partial charge in [0.2, 0.25) is 5.91 Å². The molecule has 20 heavy (non-hydrogen) atoms. The molecule has 6 heteroatoms. The van der Waals surface area contributed by atoms with E-state index in [0.717, 1.165) is 31.6 Å². The van der Waals surface area contributed by atoms with Gasteiger partial charge in [-0.25, -0.2) is 4.98 Å². The van der Waals surface area contributed by atoms with Crippen LogP contribution in [0.25, 0.3) is 0 Å². The Morgan fingerprint density at radius 3 is 2.95 bits per heavy atom. The van der Waals surface area contributed by atoms with E-state index < -0.39 is 5.91 Å². The summed E-state index contributed by atoms with van der Waals surface area (Å²) in [4.78, 5) is 15.5. The Balaban J connectivity index is 1.77. The zero-order valence-corrected chi connectivity index (χ0v) is 11.8. The molecule has 1 aromatic rings. The van der Waals surface area contributed by atoms with E-state index in [0.29, 0.717) is 30.6 Å². The molecule has 0 saturated carbocycles. The number of primary amides is 1. The maximum Gasteiger partial charge on any atom is 0.248 e. The highest BCUT2D eigenvalue weighted by Gasteiger charge is 2.12. The summed E-state index contributed by atoms with van der Waals surface area (Å²) in [6, 6.07) is 3.35. The molecule has 0 radical (unpaired) electrons. The van der Waals surface area contributed by atoms with Gasteiger partial charge < -0.3 is 21.1 Å². The average molecular weight is 278 g/mol. The van der Waals surface area contributed by atoms with Gasteiger partial charge in [0.05, 0.1) is 12.7 Å². The largest absolute Gasteiger partial charge is 0.376 e. The van der Waals surface area contributed by atoms with Crippen molar-refractivity contribution in [3.63, 3.8) is 0 Å². The highest BCUT2D eigenvalue weighted by Crippen LogP contribution is 2.10. The van der Waals surface area contributed by atoms with Crippen molar-refractivity contribution in [2.45, 2.75) is 25.9 Å². The van der Waals surface area contributed by atoms with Crippen LogP contribution in [0, 0.1) is 6.92 Å². The molecular weight excluding hydrogens is 256 g/mol. The van der Waals surface area contributed by atoms with Gasteiger partial charge in [-0.2, -0.15) is 0 Å². The van der Waals surface area contributed by atoms with E-state index in [1.807, 2.05) is 6.92 Å². The minimum atomic E-state index is -0.440. The second kappa shape index (κ2) is 7.21. The normalized spacial score (nSPS) is 16.1. The predicted molar refractivity (Wildman–Crippen MR) is 77.8 cm³/mol. The molecule has 1 aliphatic heterocycles. The van der Waals surface area contributed by atoms with E-state index in [2.05, 4.69) is 15.6 Å². The van der Waals surface area contributed by atoms with Gasteiger partial charge in [-0.3, -0.25) is 4.79 Å². The molecule has 0 atom stereocenters. The summed E-state index contributed by atoms with van der Waals surface area (Å²) in [6.45, 7) is 5.19. The van der Waals surface area contributed by atoms with Crippen LogP contribution in [0.3, 0.4) is 0 Å². The number of anilines is 1. The molecule has 1 aromatic heterocycles. The van der Waals surface area contributed by atoms with Crippen molar-refractivity contribution < 1.29 is 9.53 Å². The third-order valence-electron chi connectivity index (χ3n) is 3.29. The van der Waals surface area contributed by atoms with E-state index in [-0.39, 0.29) is 0 Å². The van der Waals surface area contributed by atoms with Crippen molar-refractivity contribution in [2.75, 3.05) is 31.6 Å². The molecule has 1 fully saturated rings. The minimum absolute atomic E-state index is 0.352. The Hall–Kier alpha value is -1.66. The first-order valence-corrected chi connectivity index (χ1v) is 7.00. The first kappa shape index (κ1) is 14.7. The van der Waals surface area contributed by atoms with Crippen LogP contribution in [-0.2, 0) is 4.74 Å². The Kier molecular flexibility index (Phi) is 5.31. The summed E-state index contributed by atoms with van der Waals surface area (Å²) < 4.78 is 5.79. The number of nitrogens with one attached hydrogen (secondary N) is 2. The summed E-state index contributed by atoms with van der Waals surface area (Å²) in [7, 11) is 0. The topological polar surface area (TPSA) is 89.3 Å². The molecule has 4 N–H and O–H groups in total. The van der Waals surface area contributed by atoms with Gasteiger partial charge in [0.15, 0.2) is 0 Å². The standard InChI is InChI=1S/C14H22N4O2/c1-10-8-11(14(15)19)9-13(18-10)17-6-7-20-12-2-4-16-5-3-12/h8-9,12,16H,2-7H2,1H3,(H2,15,19)(H,17,18). The van der Waals surface area contributed by atoms with Crippen LogP contribution in [-0.4, -0.2) is 43.2 Å². The third kappa shape index (κ3) is 4.47. The van der Waals surface area contributed by atoms with Crippen LogP contribution in [0.4, 0.5) is 5.82 Å². The smallest absolute Gasteiger partial charge is 0.248 e. The third-order valence-corrected chi connectivity index (χ3v) is 3.29. The number of nitrogens with zero attached hydrogens (tertiary/aromatic N) is 1. The zero-order chi connectivity index (χ0) is 14.4. The van der Waals surface area contributed by atoms with E-state index in [1.54, 1.807) is 12.1 Å². The second-order valence-corrected chi connectivity index (χ2v) is 4.99. The summed E-state index contributed by atoms with van der Waals surface area (Å²) >= 11 is 0. The molecule has 0 aliphatic carbocycles. The summed E-state index contributed by atoms with van der Waals surface area (Å²) in [6.07, 6.45) is 2.48. The maximum atomic E-state index is 11.2. The summed E-state index contributed by atoms with van der Waals surface area (Å²) in [5.74, 6) is 0.220. The number of carbonyl (C=O) groups is 1. The van der Waals surface area contributed by atoms with Gasteiger partial charge in [0.25, 0.3) is 0 Å². The number of hydrogen-bond acceptors (Lipinski definition) is 5. The zero-order valence-electron chi connectivity index (χ0n) is 11.8. The molecule has 0 spiro atoms. The first-order valence-electron chi connectivity index (χ1n) is 7.00. The predicted octanol–water partition coefficient (Wildman–Crippen LogP) is 0.669. The Labute approximate surface area is 119 Å². The van der Waals surface area contributed by atoms with E-state index in [4.69, 9.17) is 10.5 Å². The second-order valence-electron chi connectivity index (χ2n) is 4.99. The number of rotatable bonds is 6. The number of ether oxygens (including phenoxy) is 1. The number of amides is 1. The van der Waals surface area contributed by atoms with Crippen LogP contribution in [0.2, 0.25) is 0 Å². The lowest BCUT2D eigenvalue weighted by Crippen LogP contribution is -2.33. The highest BCUT2D eigenvalue weighted by atomic mass is 16.5. The molecule has 0 unspecified atom stereocenters. The van der Waals surface area contributed by atoms with Crippen LogP contribution in [0.5, 0.6) is 0 Å². The number of carbonyl (C=O) groups excluding carboxylic acids is 1. The number of hydrogen-bond donors (Lipinski definition) is 3. The molecule has 2 rings (SSSR count). The fourth-order valence-electron chi connectivity index (χ4n) is 2.27. The van der Waals surface area contributed by atoms with Gasteiger partial charge in [0, 0.05) is 17.8 Å². The fourth-order valence-corrected chi connectivity index (χ4v) is 2.27. The Bertz CT molecular complexity index is 458. The Morgan fingerprint density at radius 1 is 1.50 bits per heavy atom. The minimum Gasteiger partial charge on any atom is -0.376 e. The molecule has 0 bridgehead atoms. The Morgan fingerprint density at radius 2 is 2.25 bits per heavy atom. The van der Waals surface area contributed by atoms with E-state index in [1.165, 1.54) is 0 Å². The molecule has 6 nitrogen and oxygen atoms in total. The van der Waals surface area contributed by atoms with Gasteiger partial charge in [-0.05, 0) is 45.0 Å². The van der Waals surface area contributed by atoms with E-state index >= 15 is 0 Å². The molecule has 0 aromatic carbocycles. The van der Waals surface area contributed by atoms with Gasteiger partial charge >= 0.3 is 0 Å². The molecular formula is C14H22N4O2. The fraction of sp³-hybridized carbons (Fsp3) is 0.571. The summed E-state index contributed by atoms with van der Waals surface area (Å²) in [5, 5.41) is 6.47. The molecule has 2 heterocycles. The average Bonchev–Trinajstić information content (AvgIpc) is 2.44. The lowest BCUT2D eigenvalue weighted by molar-refractivity contribution is 0.0394.